The molecule has 1 saturated heterocycles. The first-order valence-electron chi connectivity index (χ1n) is 10.6. The molecule has 0 saturated carbocycles. The van der Waals surface area contributed by atoms with E-state index < -0.39 is 0 Å². The number of hydrazine groups is 1. The Hall–Kier alpha value is -4.14. The van der Waals surface area contributed by atoms with E-state index in [1.165, 1.54) is 5.12 Å². The molecule has 0 aromatic heterocycles. The molecule has 2 N–H and O–H groups in total. The van der Waals surface area contributed by atoms with E-state index in [1.807, 2.05) is 48.2 Å². The number of rotatable bonds is 7. The molecule has 1 aliphatic rings. The number of anilines is 2. The van der Waals surface area contributed by atoms with E-state index >= 15 is 0 Å². The molecule has 9 heteroatoms. The topological polar surface area (TPSA) is 92.6 Å². The maximum absolute atomic E-state index is 12.8. The van der Waals surface area contributed by atoms with Crippen LogP contribution in [0.1, 0.15) is 17.3 Å². The molecule has 1 fully saturated rings. The van der Waals surface area contributed by atoms with Crippen LogP contribution >= 0.6 is 0 Å². The Labute approximate surface area is 194 Å². The highest BCUT2D eigenvalue weighted by Crippen LogP contribution is 2.23. The average molecular weight is 448 g/mol. The smallest absolute Gasteiger partial charge is 0.256 e. The van der Waals surface area contributed by atoms with Gasteiger partial charge in [0.25, 0.3) is 5.91 Å². The summed E-state index contributed by atoms with van der Waals surface area (Å²) >= 11 is 0. The molecule has 2 aromatic carbocycles. The summed E-state index contributed by atoms with van der Waals surface area (Å²) in [6.07, 6.45) is 3.50. The minimum Gasteiger partial charge on any atom is -0.360 e. The second kappa shape index (κ2) is 10.9. The number of likely N-dealkylation sites (N-methyl/N-ethyl adjacent to an activating group) is 1. The zero-order valence-corrected chi connectivity index (χ0v) is 19.2. The number of hydrogen-bond acceptors (Lipinski definition) is 7. The second-order valence-electron chi connectivity index (χ2n) is 7.53. The van der Waals surface area contributed by atoms with Gasteiger partial charge in [-0.05, 0) is 56.1 Å². The molecule has 0 unspecified atom stereocenters. The molecule has 0 atom stereocenters. The number of benzene rings is 2. The van der Waals surface area contributed by atoms with E-state index in [0.717, 1.165) is 17.9 Å². The van der Waals surface area contributed by atoms with E-state index in [1.54, 1.807) is 43.3 Å². The van der Waals surface area contributed by atoms with Gasteiger partial charge in [0.1, 0.15) is 0 Å². The number of nitrogens with zero attached hydrogens (tertiary/aromatic N) is 5. The number of aliphatic imine (C=N–C) groups is 1. The zero-order valence-electron chi connectivity index (χ0n) is 19.2. The van der Waals surface area contributed by atoms with Crippen molar-refractivity contribution >= 4 is 41.4 Å². The standard InChI is InChI=1S/C24H29N7O2/c1-5-8-22(28-30(4)27-21-10-7-6-9-20(21)25-2)26-24(33)18-11-13-19(14-12-18)31-16-15-29(3)23(32)17-31/h5-14,27H,2,15-17H2,1,3-4H3,(H,26,28,33)/b8-5+. The Morgan fingerprint density at radius 2 is 1.88 bits per heavy atom. The van der Waals surface area contributed by atoms with E-state index in [2.05, 4.69) is 27.6 Å². The highest BCUT2D eigenvalue weighted by molar-refractivity contribution is 6.10. The molecule has 0 bridgehead atoms. The number of para-hydroxylation sites is 2. The first-order chi connectivity index (χ1) is 15.9. The van der Waals surface area contributed by atoms with Crippen molar-refractivity contribution in [3.63, 3.8) is 0 Å². The molecule has 0 radical (unpaired) electrons. The van der Waals surface area contributed by atoms with E-state index in [0.29, 0.717) is 30.2 Å². The van der Waals surface area contributed by atoms with Crippen molar-refractivity contribution in [2.45, 2.75) is 6.92 Å². The summed E-state index contributed by atoms with van der Waals surface area (Å²) in [5.74, 6) is 0.171. The molecule has 1 aliphatic heterocycles. The number of nitrogens with one attached hydrogen (secondary N) is 2. The summed E-state index contributed by atoms with van der Waals surface area (Å²) in [6.45, 7) is 7.19. The highest BCUT2D eigenvalue weighted by Gasteiger charge is 2.21. The van der Waals surface area contributed by atoms with Crippen LogP contribution in [-0.2, 0) is 4.79 Å². The Bertz CT molecular complexity index is 1060. The normalized spacial score (nSPS) is 14.4. The van der Waals surface area contributed by atoms with Gasteiger partial charge in [-0.3, -0.25) is 20.0 Å². The Morgan fingerprint density at radius 1 is 1.15 bits per heavy atom. The molecule has 2 aromatic rings. The van der Waals surface area contributed by atoms with Gasteiger partial charge in [0.05, 0.1) is 17.9 Å². The molecule has 1 heterocycles. The van der Waals surface area contributed by atoms with Crippen LogP contribution in [0.2, 0.25) is 0 Å². The molecule has 3 rings (SSSR count). The number of hydrazone groups is 1. The van der Waals surface area contributed by atoms with Crippen molar-refractivity contribution < 1.29 is 9.59 Å². The van der Waals surface area contributed by atoms with Gasteiger partial charge in [0, 0.05) is 38.4 Å². The number of carbonyl (C=O) groups is 2. The van der Waals surface area contributed by atoms with Crippen molar-refractivity contribution in [1.29, 1.82) is 0 Å². The Kier molecular flexibility index (Phi) is 7.80. The highest BCUT2D eigenvalue weighted by atomic mass is 16.2. The third-order valence-corrected chi connectivity index (χ3v) is 5.13. The zero-order chi connectivity index (χ0) is 23.8. The van der Waals surface area contributed by atoms with Gasteiger partial charge < -0.3 is 15.1 Å². The van der Waals surface area contributed by atoms with Gasteiger partial charge in [0.2, 0.25) is 5.91 Å². The SMILES string of the molecule is C=Nc1ccccc1NN(C)/N=C(\C=C\C)NC(=O)c1ccc(N2CCN(C)C(=O)C2)cc1. The first kappa shape index (κ1) is 23.5. The minimum absolute atomic E-state index is 0.0829. The van der Waals surface area contributed by atoms with Crippen molar-refractivity contribution in [2.75, 3.05) is 44.1 Å². The van der Waals surface area contributed by atoms with Gasteiger partial charge in [-0.15, -0.1) is 5.10 Å². The lowest BCUT2D eigenvalue weighted by Crippen LogP contribution is -2.48. The quantitative estimate of drug-likeness (QED) is 0.387. The van der Waals surface area contributed by atoms with Gasteiger partial charge >= 0.3 is 0 Å². The van der Waals surface area contributed by atoms with Crippen LogP contribution in [0, 0.1) is 0 Å². The van der Waals surface area contributed by atoms with E-state index in [4.69, 9.17) is 0 Å². The van der Waals surface area contributed by atoms with Gasteiger partial charge in [-0.25, -0.2) is 5.12 Å². The van der Waals surface area contributed by atoms with E-state index in [-0.39, 0.29) is 11.8 Å². The fourth-order valence-corrected chi connectivity index (χ4v) is 3.32. The molecule has 33 heavy (non-hydrogen) atoms. The van der Waals surface area contributed by atoms with Gasteiger partial charge in [0.15, 0.2) is 5.84 Å². The maximum Gasteiger partial charge on any atom is 0.256 e. The van der Waals surface area contributed by atoms with Gasteiger partial charge in [-0.1, -0.05) is 18.2 Å². The monoisotopic (exact) mass is 447 g/mol. The minimum atomic E-state index is -0.283. The van der Waals surface area contributed by atoms with Crippen LogP contribution in [0.3, 0.4) is 0 Å². The summed E-state index contributed by atoms with van der Waals surface area (Å²) in [5.41, 5.74) is 5.94. The van der Waals surface area contributed by atoms with Crippen LogP contribution in [0.5, 0.6) is 0 Å². The molecule has 9 nitrogen and oxygen atoms in total. The third-order valence-electron chi connectivity index (χ3n) is 5.13. The summed E-state index contributed by atoms with van der Waals surface area (Å²) in [6, 6.07) is 14.6. The molecule has 0 spiro atoms. The summed E-state index contributed by atoms with van der Waals surface area (Å²) in [4.78, 5) is 32.5. The predicted octanol–water partition coefficient (Wildman–Crippen LogP) is 2.88. The fourth-order valence-electron chi connectivity index (χ4n) is 3.32. The molecular weight excluding hydrogens is 418 g/mol. The summed E-state index contributed by atoms with van der Waals surface area (Å²) in [5, 5.41) is 8.73. The molecular formula is C24H29N7O2. The lowest BCUT2D eigenvalue weighted by Gasteiger charge is -2.33. The molecule has 172 valence electrons. The number of carbonyl (C=O) groups excluding carboxylic acids is 2. The van der Waals surface area contributed by atoms with Gasteiger partial charge in [-0.2, -0.15) is 0 Å². The van der Waals surface area contributed by atoms with Crippen LogP contribution in [-0.4, -0.2) is 68.1 Å². The third kappa shape index (κ3) is 6.19. The predicted molar refractivity (Wildman–Crippen MR) is 133 cm³/mol. The number of hydrogen-bond donors (Lipinski definition) is 2. The number of amides is 2. The lowest BCUT2D eigenvalue weighted by atomic mass is 10.1. The lowest BCUT2D eigenvalue weighted by molar-refractivity contribution is -0.129. The number of amidine groups is 1. The summed E-state index contributed by atoms with van der Waals surface area (Å²) in [7, 11) is 3.53. The van der Waals surface area contributed by atoms with Crippen LogP contribution in [0.25, 0.3) is 0 Å². The van der Waals surface area contributed by atoms with Crippen molar-refractivity contribution in [1.82, 2.24) is 15.3 Å². The largest absolute Gasteiger partial charge is 0.360 e. The van der Waals surface area contributed by atoms with Crippen LogP contribution in [0.4, 0.5) is 17.1 Å². The first-order valence-corrected chi connectivity index (χ1v) is 10.6. The second-order valence-corrected chi connectivity index (χ2v) is 7.53. The van der Waals surface area contributed by atoms with Crippen molar-refractivity contribution in [3.8, 4) is 0 Å². The Balaban J connectivity index is 1.67. The average Bonchev–Trinajstić information content (AvgIpc) is 2.81. The van der Waals surface area contributed by atoms with Crippen LogP contribution < -0.4 is 15.6 Å². The van der Waals surface area contributed by atoms with E-state index in [9.17, 15) is 9.59 Å². The summed E-state index contributed by atoms with van der Waals surface area (Å²) < 4.78 is 0. The van der Waals surface area contributed by atoms with Crippen molar-refractivity contribution in [3.05, 3.63) is 66.2 Å². The Morgan fingerprint density at radius 3 is 2.55 bits per heavy atom. The molecule has 2 amide bonds. The van der Waals surface area contributed by atoms with Crippen molar-refractivity contribution in [2.24, 2.45) is 10.1 Å². The number of allylic oxidation sites excluding steroid dienone is 1. The number of piperazine rings is 1. The maximum atomic E-state index is 12.8. The van der Waals surface area contributed by atoms with Crippen LogP contribution in [0.15, 0.2) is 70.8 Å². The fraction of sp³-hybridized carbons (Fsp3) is 0.250. The molecule has 0 aliphatic carbocycles.